The predicted octanol–water partition coefficient (Wildman–Crippen LogP) is 1.72. The number of nitrogens with one attached hydrogen (secondary N) is 1. The van der Waals surface area contributed by atoms with Gasteiger partial charge in [-0.15, -0.1) is 0 Å². The summed E-state index contributed by atoms with van der Waals surface area (Å²) in [5, 5.41) is 3.54. The summed E-state index contributed by atoms with van der Waals surface area (Å²) >= 11 is 0. The lowest BCUT2D eigenvalue weighted by Gasteiger charge is -2.36. The van der Waals surface area contributed by atoms with Crippen molar-refractivity contribution in [1.29, 1.82) is 0 Å². The van der Waals surface area contributed by atoms with Gasteiger partial charge in [0.25, 0.3) is 0 Å². The van der Waals surface area contributed by atoms with Crippen molar-refractivity contribution in [3.8, 4) is 0 Å². The van der Waals surface area contributed by atoms with E-state index in [1.165, 1.54) is 37.7 Å². The number of rotatable bonds is 5. The van der Waals surface area contributed by atoms with Crippen LogP contribution in [0.2, 0.25) is 0 Å². The summed E-state index contributed by atoms with van der Waals surface area (Å²) in [6.07, 6.45) is 10.2. The van der Waals surface area contributed by atoms with E-state index in [1.54, 1.807) is 6.33 Å². The number of aromatic nitrogens is 2. The highest BCUT2D eigenvalue weighted by Crippen LogP contribution is 2.29. The molecule has 0 unspecified atom stereocenters. The number of hydrogen-bond acceptors (Lipinski definition) is 4. The molecular weight excluding hydrogens is 212 g/mol. The van der Waals surface area contributed by atoms with Gasteiger partial charge < -0.3 is 10.2 Å². The molecule has 4 nitrogen and oxygen atoms in total. The van der Waals surface area contributed by atoms with Crippen LogP contribution in [0.5, 0.6) is 0 Å². The SMILES string of the molecule is CN(c1ncncc1CNC1CC1)C1CCC1. The van der Waals surface area contributed by atoms with E-state index in [0.29, 0.717) is 6.04 Å². The Kier molecular flexibility index (Phi) is 2.97. The van der Waals surface area contributed by atoms with Crippen molar-refractivity contribution in [1.82, 2.24) is 15.3 Å². The van der Waals surface area contributed by atoms with Crippen LogP contribution < -0.4 is 10.2 Å². The molecular formula is C13H20N4. The van der Waals surface area contributed by atoms with Crippen molar-refractivity contribution in [2.45, 2.75) is 50.7 Å². The zero-order valence-electron chi connectivity index (χ0n) is 10.4. The van der Waals surface area contributed by atoms with E-state index in [0.717, 1.165) is 18.4 Å². The fourth-order valence-corrected chi connectivity index (χ4v) is 2.28. The Morgan fingerprint density at radius 2 is 2.18 bits per heavy atom. The van der Waals surface area contributed by atoms with Gasteiger partial charge in [0, 0.05) is 37.4 Å². The summed E-state index contributed by atoms with van der Waals surface area (Å²) < 4.78 is 0. The van der Waals surface area contributed by atoms with Gasteiger partial charge in [0.1, 0.15) is 12.1 Å². The molecule has 92 valence electrons. The molecule has 0 atom stereocenters. The van der Waals surface area contributed by atoms with Crippen LogP contribution in [-0.2, 0) is 6.54 Å². The molecule has 0 radical (unpaired) electrons. The monoisotopic (exact) mass is 232 g/mol. The van der Waals surface area contributed by atoms with E-state index in [-0.39, 0.29) is 0 Å². The molecule has 1 heterocycles. The van der Waals surface area contributed by atoms with Gasteiger partial charge in [-0.1, -0.05) is 0 Å². The second-order valence-corrected chi connectivity index (χ2v) is 5.22. The van der Waals surface area contributed by atoms with Crippen LogP contribution in [0.25, 0.3) is 0 Å². The molecule has 0 aliphatic heterocycles. The highest BCUT2D eigenvalue weighted by atomic mass is 15.2. The Morgan fingerprint density at radius 3 is 2.82 bits per heavy atom. The largest absolute Gasteiger partial charge is 0.356 e. The summed E-state index contributed by atoms with van der Waals surface area (Å²) in [6, 6.07) is 1.42. The lowest BCUT2D eigenvalue weighted by Crippen LogP contribution is -2.38. The molecule has 2 saturated carbocycles. The number of anilines is 1. The molecule has 3 rings (SSSR count). The van der Waals surface area contributed by atoms with Crippen molar-refractivity contribution in [3.63, 3.8) is 0 Å². The average molecular weight is 232 g/mol. The minimum absolute atomic E-state index is 0.685. The summed E-state index contributed by atoms with van der Waals surface area (Å²) in [4.78, 5) is 10.9. The standard InChI is InChI=1S/C13H20N4/c1-17(12-3-2-4-12)13-10(7-14-9-16-13)8-15-11-5-6-11/h7,9,11-12,15H,2-6,8H2,1H3. The topological polar surface area (TPSA) is 41.1 Å². The summed E-state index contributed by atoms with van der Waals surface area (Å²) in [5.41, 5.74) is 1.23. The molecule has 0 spiro atoms. The highest BCUT2D eigenvalue weighted by Gasteiger charge is 2.25. The van der Waals surface area contributed by atoms with E-state index in [1.807, 2.05) is 6.20 Å². The van der Waals surface area contributed by atoms with Crippen LogP contribution >= 0.6 is 0 Å². The van der Waals surface area contributed by atoms with E-state index >= 15 is 0 Å². The first-order valence-electron chi connectivity index (χ1n) is 6.59. The average Bonchev–Trinajstić information content (AvgIpc) is 3.08. The zero-order valence-corrected chi connectivity index (χ0v) is 10.4. The number of hydrogen-bond donors (Lipinski definition) is 1. The van der Waals surface area contributed by atoms with Crippen LogP contribution in [-0.4, -0.2) is 29.1 Å². The molecule has 1 aromatic heterocycles. The maximum atomic E-state index is 4.45. The molecule has 2 fully saturated rings. The Hall–Kier alpha value is -1.16. The van der Waals surface area contributed by atoms with Crippen LogP contribution in [0.4, 0.5) is 5.82 Å². The first kappa shape index (κ1) is 11.0. The molecule has 0 bridgehead atoms. The maximum absolute atomic E-state index is 4.45. The van der Waals surface area contributed by atoms with Crippen molar-refractivity contribution in [2.24, 2.45) is 0 Å². The molecule has 0 saturated heterocycles. The fourth-order valence-electron chi connectivity index (χ4n) is 2.28. The second-order valence-electron chi connectivity index (χ2n) is 5.22. The molecule has 4 heteroatoms. The van der Waals surface area contributed by atoms with Gasteiger partial charge in [0.15, 0.2) is 0 Å². The lowest BCUT2D eigenvalue weighted by molar-refractivity contribution is 0.398. The van der Waals surface area contributed by atoms with E-state index < -0.39 is 0 Å². The van der Waals surface area contributed by atoms with Gasteiger partial charge in [-0.3, -0.25) is 0 Å². The Labute approximate surface area is 102 Å². The minimum atomic E-state index is 0.685. The molecule has 17 heavy (non-hydrogen) atoms. The van der Waals surface area contributed by atoms with Gasteiger partial charge in [-0.05, 0) is 32.1 Å². The highest BCUT2D eigenvalue weighted by molar-refractivity contribution is 5.46. The molecule has 2 aliphatic carbocycles. The molecule has 1 aromatic rings. The van der Waals surface area contributed by atoms with Gasteiger partial charge in [-0.25, -0.2) is 9.97 Å². The smallest absolute Gasteiger partial charge is 0.136 e. The minimum Gasteiger partial charge on any atom is -0.356 e. The van der Waals surface area contributed by atoms with Gasteiger partial charge in [0.2, 0.25) is 0 Å². The fraction of sp³-hybridized carbons (Fsp3) is 0.692. The predicted molar refractivity (Wildman–Crippen MR) is 67.9 cm³/mol. The third-order valence-corrected chi connectivity index (χ3v) is 3.88. The molecule has 2 aliphatic rings. The van der Waals surface area contributed by atoms with Crippen LogP contribution in [0, 0.1) is 0 Å². The molecule has 0 aromatic carbocycles. The quantitative estimate of drug-likeness (QED) is 0.839. The van der Waals surface area contributed by atoms with Crippen molar-refractivity contribution < 1.29 is 0 Å². The second kappa shape index (κ2) is 4.61. The van der Waals surface area contributed by atoms with E-state index in [9.17, 15) is 0 Å². The molecule has 1 N–H and O–H groups in total. The van der Waals surface area contributed by atoms with Crippen molar-refractivity contribution in [3.05, 3.63) is 18.1 Å². The Bertz CT molecular complexity index is 385. The van der Waals surface area contributed by atoms with Crippen LogP contribution in [0.3, 0.4) is 0 Å². The van der Waals surface area contributed by atoms with Crippen molar-refractivity contribution in [2.75, 3.05) is 11.9 Å². The summed E-state index contributed by atoms with van der Waals surface area (Å²) in [5.74, 6) is 1.11. The van der Waals surface area contributed by atoms with Crippen LogP contribution in [0.15, 0.2) is 12.5 Å². The first-order valence-corrected chi connectivity index (χ1v) is 6.59. The Morgan fingerprint density at radius 1 is 1.35 bits per heavy atom. The first-order chi connectivity index (χ1) is 8.34. The maximum Gasteiger partial charge on any atom is 0.136 e. The normalized spacial score (nSPS) is 20.1. The van der Waals surface area contributed by atoms with E-state index in [4.69, 9.17) is 0 Å². The molecule has 0 amide bonds. The number of nitrogens with zero attached hydrogens (tertiary/aromatic N) is 3. The van der Waals surface area contributed by atoms with Crippen LogP contribution in [0.1, 0.15) is 37.7 Å². The lowest BCUT2D eigenvalue weighted by atomic mass is 9.92. The van der Waals surface area contributed by atoms with Gasteiger partial charge in [-0.2, -0.15) is 0 Å². The van der Waals surface area contributed by atoms with Gasteiger partial charge >= 0.3 is 0 Å². The third-order valence-electron chi connectivity index (χ3n) is 3.88. The van der Waals surface area contributed by atoms with Gasteiger partial charge in [0.05, 0.1) is 0 Å². The Balaban J connectivity index is 1.71. The summed E-state index contributed by atoms with van der Waals surface area (Å²) in [6.45, 7) is 0.901. The summed E-state index contributed by atoms with van der Waals surface area (Å²) in [7, 11) is 2.16. The van der Waals surface area contributed by atoms with Crippen molar-refractivity contribution >= 4 is 5.82 Å². The zero-order chi connectivity index (χ0) is 11.7. The van der Waals surface area contributed by atoms with E-state index in [2.05, 4.69) is 27.2 Å². The third kappa shape index (κ3) is 2.41.